The van der Waals surface area contributed by atoms with Gasteiger partial charge in [0.15, 0.2) is 0 Å². The lowest BCUT2D eigenvalue weighted by molar-refractivity contribution is -0.123. The van der Waals surface area contributed by atoms with Crippen molar-refractivity contribution in [1.29, 1.82) is 0 Å². The number of hydrogen-bond donors (Lipinski definition) is 2. The number of carbonyl (C=O) groups excluding carboxylic acids is 2. The molecule has 0 spiro atoms. The zero-order chi connectivity index (χ0) is 19.9. The molecule has 0 saturated heterocycles. The van der Waals surface area contributed by atoms with Crippen LogP contribution in [0.3, 0.4) is 0 Å². The number of nitrogens with one attached hydrogen (secondary N) is 2. The van der Waals surface area contributed by atoms with Gasteiger partial charge in [-0.25, -0.2) is 8.42 Å². The lowest BCUT2D eigenvalue weighted by Gasteiger charge is -2.18. The van der Waals surface area contributed by atoms with Crippen molar-refractivity contribution in [2.75, 3.05) is 12.0 Å². The summed E-state index contributed by atoms with van der Waals surface area (Å²) in [7, 11) is -3.29. The van der Waals surface area contributed by atoms with Gasteiger partial charge in [0.1, 0.15) is 15.9 Å². The third-order valence-electron chi connectivity index (χ3n) is 3.83. The van der Waals surface area contributed by atoms with Crippen LogP contribution in [-0.4, -0.2) is 38.3 Å². The number of rotatable bonds is 8. The summed E-state index contributed by atoms with van der Waals surface area (Å²) in [4.78, 5) is 25.0. The molecule has 2 amide bonds. The average molecular weight is 409 g/mol. The van der Waals surface area contributed by atoms with Crippen molar-refractivity contribution < 1.29 is 18.0 Å². The van der Waals surface area contributed by atoms with E-state index >= 15 is 0 Å². The predicted octanol–water partition coefficient (Wildman–Crippen LogP) is 2.19. The Bertz CT molecular complexity index is 901. The van der Waals surface area contributed by atoms with Gasteiger partial charge in [-0.05, 0) is 24.1 Å². The zero-order valence-corrected chi connectivity index (χ0v) is 16.4. The Morgan fingerprint density at radius 1 is 1.04 bits per heavy atom. The van der Waals surface area contributed by atoms with Gasteiger partial charge >= 0.3 is 0 Å². The molecule has 0 radical (unpaired) electrons. The van der Waals surface area contributed by atoms with Gasteiger partial charge in [0.05, 0.1) is 16.3 Å². The number of benzene rings is 2. The monoisotopic (exact) mass is 408 g/mol. The van der Waals surface area contributed by atoms with Gasteiger partial charge in [-0.1, -0.05) is 54.1 Å². The van der Waals surface area contributed by atoms with E-state index in [9.17, 15) is 18.0 Å². The molecule has 0 heterocycles. The van der Waals surface area contributed by atoms with Crippen molar-refractivity contribution in [1.82, 2.24) is 10.6 Å². The molecule has 0 saturated carbocycles. The van der Waals surface area contributed by atoms with Crippen LogP contribution in [0.1, 0.15) is 22.3 Å². The molecular weight excluding hydrogens is 388 g/mol. The first-order chi connectivity index (χ1) is 12.8. The second kappa shape index (κ2) is 9.53. The van der Waals surface area contributed by atoms with Crippen LogP contribution in [0.15, 0.2) is 54.6 Å². The molecule has 0 aliphatic rings. The molecular formula is C19H21ClN2O4S. The Morgan fingerprint density at radius 3 is 2.30 bits per heavy atom. The van der Waals surface area contributed by atoms with Crippen molar-refractivity contribution in [2.24, 2.45) is 0 Å². The first-order valence-corrected chi connectivity index (χ1v) is 10.7. The lowest BCUT2D eigenvalue weighted by Crippen LogP contribution is -2.47. The highest BCUT2D eigenvalue weighted by molar-refractivity contribution is 7.90. The van der Waals surface area contributed by atoms with Crippen LogP contribution in [-0.2, 0) is 21.2 Å². The third kappa shape index (κ3) is 7.03. The van der Waals surface area contributed by atoms with E-state index in [-0.39, 0.29) is 29.3 Å². The van der Waals surface area contributed by atoms with Gasteiger partial charge in [-0.15, -0.1) is 0 Å². The second-order valence-corrected chi connectivity index (χ2v) is 8.79. The van der Waals surface area contributed by atoms with Gasteiger partial charge in [-0.2, -0.15) is 0 Å². The van der Waals surface area contributed by atoms with Gasteiger partial charge in [-0.3, -0.25) is 9.59 Å². The molecule has 0 aliphatic carbocycles. The maximum atomic E-state index is 12.5. The molecule has 0 fully saturated rings. The van der Waals surface area contributed by atoms with Crippen LogP contribution in [0, 0.1) is 0 Å². The minimum Gasteiger partial charge on any atom is -0.350 e. The summed E-state index contributed by atoms with van der Waals surface area (Å²) in [5.41, 5.74) is 1.12. The van der Waals surface area contributed by atoms with Crippen LogP contribution in [0.4, 0.5) is 0 Å². The number of hydrogen-bond acceptors (Lipinski definition) is 4. The second-order valence-electron chi connectivity index (χ2n) is 6.13. The highest BCUT2D eigenvalue weighted by Gasteiger charge is 2.23. The largest absolute Gasteiger partial charge is 0.350 e. The molecule has 0 aromatic heterocycles. The molecule has 0 bridgehead atoms. The summed E-state index contributed by atoms with van der Waals surface area (Å²) < 4.78 is 23.0. The zero-order valence-electron chi connectivity index (χ0n) is 14.8. The number of amides is 2. The van der Waals surface area contributed by atoms with Crippen molar-refractivity contribution >= 4 is 33.3 Å². The fourth-order valence-corrected chi connectivity index (χ4v) is 3.28. The minimum atomic E-state index is -3.29. The van der Waals surface area contributed by atoms with Gasteiger partial charge in [0, 0.05) is 12.8 Å². The normalized spacial score (nSPS) is 12.2. The Balaban J connectivity index is 2.08. The summed E-state index contributed by atoms with van der Waals surface area (Å²) >= 11 is 6.02. The SMILES string of the molecule is CS(=O)(=O)CC[C@@H](NC(=O)c1ccccc1Cl)C(=O)NCc1ccccc1. The molecule has 2 rings (SSSR count). The van der Waals surface area contributed by atoms with E-state index in [1.807, 2.05) is 30.3 Å². The van der Waals surface area contributed by atoms with E-state index in [0.29, 0.717) is 0 Å². The van der Waals surface area contributed by atoms with Crippen molar-refractivity contribution in [3.8, 4) is 0 Å². The summed E-state index contributed by atoms with van der Waals surface area (Å²) in [6.07, 6.45) is 1.05. The van der Waals surface area contributed by atoms with E-state index < -0.39 is 27.7 Å². The maximum Gasteiger partial charge on any atom is 0.253 e. The Kier molecular flexibility index (Phi) is 7.38. The van der Waals surface area contributed by atoms with Crippen LogP contribution in [0.25, 0.3) is 0 Å². The van der Waals surface area contributed by atoms with Crippen LogP contribution >= 0.6 is 11.6 Å². The molecule has 6 nitrogen and oxygen atoms in total. The molecule has 2 N–H and O–H groups in total. The Hall–Kier alpha value is -2.38. The van der Waals surface area contributed by atoms with E-state index in [1.54, 1.807) is 18.2 Å². The highest BCUT2D eigenvalue weighted by Crippen LogP contribution is 2.15. The number of carbonyl (C=O) groups is 2. The van der Waals surface area contributed by atoms with Gasteiger partial charge < -0.3 is 10.6 Å². The van der Waals surface area contributed by atoms with Crippen molar-refractivity contribution in [3.05, 3.63) is 70.7 Å². The van der Waals surface area contributed by atoms with Crippen LogP contribution in [0.5, 0.6) is 0 Å². The molecule has 2 aromatic rings. The van der Waals surface area contributed by atoms with E-state index in [0.717, 1.165) is 11.8 Å². The van der Waals surface area contributed by atoms with Crippen LogP contribution < -0.4 is 10.6 Å². The van der Waals surface area contributed by atoms with E-state index in [1.165, 1.54) is 6.07 Å². The van der Waals surface area contributed by atoms with E-state index in [4.69, 9.17) is 11.6 Å². The smallest absolute Gasteiger partial charge is 0.253 e. The maximum absolute atomic E-state index is 12.5. The topological polar surface area (TPSA) is 92.3 Å². The molecule has 8 heteroatoms. The fourth-order valence-electron chi connectivity index (χ4n) is 2.39. The van der Waals surface area contributed by atoms with Gasteiger partial charge in [0.2, 0.25) is 5.91 Å². The van der Waals surface area contributed by atoms with Crippen molar-refractivity contribution in [3.63, 3.8) is 0 Å². The minimum absolute atomic E-state index is 0.0321. The summed E-state index contributed by atoms with van der Waals surface area (Å²) in [5.74, 6) is -1.21. The molecule has 1 atom stereocenters. The third-order valence-corrected chi connectivity index (χ3v) is 5.13. The molecule has 0 aliphatic heterocycles. The van der Waals surface area contributed by atoms with Gasteiger partial charge in [0.25, 0.3) is 5.91 Å². The summed E-state index contributed by atoms with van der Waals surface area (Å²) in [6.45, 7) is 0.275. The predicted molar refractivity (Wildman–Crippen MR) is 105 cm³/mol. The molecule has 2 aromatic carbocycles. The highest BCUT2D eigenvalue weighted by atomic mass is 35.5. The Morgan fingerprint density at radius 2 is 1.67 bits per heavy atom. The summed E-state index contributed by atoms with van der Waals surface area (Å²) in [6, 6.07) is 14.7. The first kappa shape index (κ1) is 20.9. The lowest BCUT2D eigenvalue weighted by atomic mass is 10.1. The van der Waals surface area contributed by atoms with E-state index in [2.05, 4.69) is 10.6 Å². The average Bonchev–Trinajstić information content (AvgIpc) is 2.63. The number of halogens is 1. The quantitative estimate of drug-likeness (QED) is 0.700. The number of sulfone groups is 1. The van der Waals surface area contributed by atoms with Crippen LogP contribution in [0.2, 0.25) is 5.02 Å². The van der Waals surface area contributed by atoms with Crippen molar-refractivity contribution in [2.45, 2.75) is 19.0 Å². The standard InChI is InChI=1S/C19H21ClN2O4S/c1-27(25,26)12-11-17(19(24)21-13-14-7-3-2-4-8-14)22-18(23)15-9-5-6-10-16(15)20/h2-10,17H,11-13H2,1H3,(H,21,24)(H,22,23)/t17-/m1/s1. The molecule has 27 heavy (non-hydrogen) atoms. The fraction of sp³-hybridized carbons (Fsp3) is 0.263. The first-order valence-electron chi connectivity index (χ1n) is 8.31. The summed E-state index contributed by atoms with van der Waals surface area (Å²) in [5, 5.41) is 5.56. The molecule has 144 valence electrons. The molecule has 0 unspecified atom stereocenters. The Labute approximate surface area is 163 Å².